The van der Waals surface area contributed by atoms with E-state index < -0.39 is 53.8 Å². The van der Waals surface area contributed by atoms with Gasteiger partial charge in [0, 0.05) is 17.4 Å². The number of esters is 2. The largest absolute Gasteiger partial charge is 0.467 e. The van der Waals surface area contributed by atoms with E-state index in [4.69, 9.17) is 14.2 Å². The fourth-order valence-corrected chi connectivity index (χ4v) is 5.64. The van der Waals surface area contributed by atoms with Crippen LogP contribution in [0, 0.1) is 0 Å². The van der Waals surface area contributed by atoms with E-state index >= 15 is 0 Å². The summed E-state index contributed by atoms with van der Waals surface area (Å²) in [4.78, 5) is 62.6. The molecule has 0 aliphatic heterocycles. The Hall–Kier alpha value is -4.26. The Bertz CT molecular complexity index is 1320. The zero-order valence-corrected chi connectivity index (χ0v) is 26.4. The molecule has 3 atom stereocenters. The smallest absolute Gasteiger partial charge is 0.408 e. The molecule has 0 saturated carbocycles. The average molecular weight is 630 g/mol. The van der Waals surface area contributed by atoms with E-state index in [9.17, 15) is 24.0 Å². The molecule has 0 saturated heterocycles. The summed E-state index contributed by atoms with van der Waals surface area (Å²) in [6.07, 6.45) is -1.65. The molecule has 238 valence electrons. The van der Waals surface area contributed by atoms with Crippen LogP contribution in [0.1, 0.15) is 44.7 Å². The number of alkyl carbamates (subject to hydrolysis) is 2. The van der Waals surface area contributed by atoms with Gasteiger partial charge in [-0.15, -0.1) is 0 Å². The fourth-order valence-electron chi connectivity index (χ4n) is 4.58. The van der Waals surface area contributed by atoms with Crippen molar-refractivity contribution >= 4 is 41.8 Å². The normalized spacial score (nSPS) is 14.1. The Morgan fingerprint density at radius 3 is 1.84 bits per heavy atom. The van der Waals surface area contributed by atoms with Gasteiger partial charge in [-0.1, -0.05) is 48.5 Å². The van der Waals surface area contributed by atoms with E-state index in [0.29, 0.717) is 0 Å². The van der Waals surface area contributed by atoms with Crippen molar-refractivity contribution in [3.8, 4) is 11.1 Å². The van der Waals surface area contributed by atoms with Crippen molar-refractivity contribution in [3.63, 3.8) is 0 Å². The van der Waals surface area contributed by atoms with Gasteiger partial charge in [-0.25, -0.2) is 19.2 Å². The van der Waals surface area contributed by atoms with E-state index in [0.717, 1.165) is 34.0 Å². The second kappa shape index (κ2) is 15.5. The van der Waals surface area contributed by atoms with Crippen LogP contribution in [0.15, 0.2) is 48.5 Å². The number of fused-ring (bicyclic) bond motifs is 3. The molecule has 0 bridgehead atoms. The summed E-state index contributed by atoms with van der Waals surface area (Å²) in [5, 5.41) is 7.54. The first-order valence-corrected chi connectivity index (χ1v) is 15.1. The molecule has 3 amide bonds. The highest BCUT2D eigenvalue weighted by molar-refractivity contribution is 7.99. The first-order chi connectivity index (χ1) is 20.8. The van der Waals surface area contributed by atoms with Crippen molar-refractivity contribution in [2.45, 2.75) is 57.3 Å². The fraction of sp³-hybridized carbons (Fsp3) is 0.452. The lowest BCUT2D eigenvalue weighted by atomic mass is 9.98. The second-order valence-electron chi connectivity index (χ2n) is 11.0. The minimum atomic E-state index is -1.16. The maximum Gasteiger partial charge on any atom is 0.408 e. The highest BCUT2D eigenvalue weighted by Crippen LogP contribution is 2.44. The number of thioether (sulfide) groups is 1. The SMILES string of the molecule is COC(=O)[C@H](CSC[C@@H](NC(=O)OCC1c2ccccc2-c2ccccc21)C(=O)N[C@H](C)C(=O)OC)NC(=O)OC(C)(C)C. The molecule has 44 heavy (non-hydrogen) atoms. The van der Waals surface area contributed by atoms with Crippen LogP contribution in [0.3, 0.4) is 0 Å². The zero-order valence-electron chi connectivity index (χ0n) is 25.6. The van der Waals surface area contributed by atoms with Crippen molar-refractivity contribution in [2.75, 3.05) is 32.3 Å². The van der Waals surface area contributed by atoms with Gasteiger partial charge in [0.1, 0.15) is 30.3 Å². The van der Waals surface area contributed by atoms with Gasteiger partial charge >= 0.3 is 24.1 Å². The zero-order chi connectivity index (χ0) is 32.4. The molecular weight excluding hydrogens is 590 g/mol. The van der Waals surface area contributed by atoms with Crippen molar-refractivity contribution in [2.24, 2.45) is 0 Å². The van der Waals surface area contributed by atoms with Crippen LogP contribution in [0.2, 0.25) is 0 Å². The number of hydrogen-bond donors (Lipinski definition) is 3. The molecule has 2 aromatic rings. The first kappa shape index (κ1) is 34.2. The predicted octanol–water partition coefficient (Wildman–Crippen LogP) is 3.37. The van der Waals surface area contributed by atoms with Crippen molar-refractivity contribution in [1.29, 1.82) is 0 Å². The van der Waals surface area contributed by atoms with Gasteiger partial charge in [-0.05, 0) is 49.9 Å². The molecule has 0 heterocycles. The predicted molar refractivity (Wildman–Crippen MR) is 164 cm³/mol. The van der Waals surface area contributed by atoms with Crippen LogP contribution >= 0.6 is 11.8 Å². The third kappa shape index (κ3) is 9.37. The Morgan fingerprint density at radius 2 is 1.30 bits per heavy atom. The number of carbonyl (C=O) groups excluding carboxylic acids is 5. The molecule has 2 aromatic carbocycles. The molecular formula is C31H39N3O9S. The quantitative estimate of drug-likeness (QED) is 0.235. The minimum absolute atomic E-state index is 0.00534. The highest BCUT2D eigenvalue weighted by atomic mass is 32.2. The molecule has 13 heteroatoms. The first-order valence-electron chi connectivity index (χ1n) is 14.0. The Morgan fingerprint density at radius 1 is 0.773 bits per heavy atom. The average Bonchev–Trinajstić information content (AvgIpc) is 3.30. The van der Waals surface area contributed by atoms with Gasteiger partial charge in [0.05, 0.1) is 14.2 Å². The monoisotopic (exact) mass is 629 g/mol. The molecule has 12 nitrogen and oxygen atoms in total. The van der Waals surface area contributed by atoms with Crippen LogP contribution < -0.4 is 16.0 Å². The number of ether oxygens (including phenoxy) is 4. The molecule has 1 aliphatic carbocycles. The topological polar surface area (TPSA) is 158 Å². The van der Waals surface area contributed by atoms with E-state index in [1.165, 1.54) is 21.1 Å². The van der Waals surface area contributed by atoms with Crippen molar-refractivity contribution in [1.82, 2.24) is 16.0 Å². The number of rotatable bonds is 12. The van der Waals surface area contributed by atoms with Crippen LogP contribution in [-0.4, -0.2) is 86.1 Å². The third-order valence-corrected chi connectivity index (χ3v) is 7.75. The Labute approximate surface area is 260 Å². The summed E-state index contributed by atoms with van der Waals surface area (Å²) in [6.45, 7) is 6.52. The summed E-state index contributed by atoms with van der Waals surface area (Å²) < 4.78 is 20.3. The van der Waals surface area contributed by atoms with Gasteiger partial charge in [-0.3, -0.25) is 4.79 Å². The lowest BCUT2D eigenvalue weighted by Crippen LogP contribution is -2.52. The molecule has 0 unspecified atom stereocenters. The summed E-state index contributed by atoms with van der Waals surface area (Å²) in [7, 11) is 2.37. The maximum atomic E-state index is 13.1. The van der Waals surface area contributed by atoms with Gasteiger partial charge in [-0.2, -0.15) is 11.8 Å². The summed E-state index contributed by atoms with van der Waals surface area (Å²) in [6, 6.07) is 12.5. The number of amides is 3. The lowest BCUT2D eigenvalue weighted by Gasteiger charge is -2.23. The second-order valence-corrected chi connectivity index (χ2v) is 12.1. The van der Waals surface area contributed by atoms with Gasteiger partial charge in [0.2, 0.25) is 5.91 Å². The maximum absolute atomic E-state index is 13.1. The van der Waals surface area contributed by atoms with E-state index in [1.807, 2.05) is 48.5 Å². The van der Waals surface area contributed by atoms with Crippen LogP contribution in [0.25, 0.3) is 11.1 Å². The molecule has 3 N–H and O–H groups in total. The number of hydrogen-bond acceptors (Lipinski definition) is 10. The van der Waals surface area contributed by atoms with Crippen LogP contribution in [0.4, 0.5) is 9.59 Å². The molecule has 3 rings (SSSR count). The van der Waals surface area contributed by atoms with E-state index in [-0.39, 0.29) is 24.0 Å². The summed E-state index contributed by atoms with van der Waals surface area (Å²) in [5.74, 6) is -2.28. The number of nitrogens with one attached hydrogen (secondary N) is 3. The number of carbonyl (C=O) groups is 5. The van der Waals surface area contributed by atoms with Crippen molar-refractivity contribution < 1.29 is 42.9 Å². The standard InChI is InChI=1S/C31H39N3O9S/c1-18(27(36)40-5)32-26(35)24(16-44-17-25(28(37)41-6)34-30(39)43-31(2,3)4)33-29(38)42-15-23-21-13-9-7-11-19(21)20-12-8-10-14-22(20)23/h7-14,18,23-25H,15-17H2,1-6H3,(H,32,35)(H,33,38)(H,34,39)/t18-,24-,25+/m1/s1. The third-order valence-electron chi connectivity index (χ3n) is 6.61. The number of methoxy groups -OCH3 is 2. The molecule has 0 fully saturated rings. The summed E-state index contributed by atoms with van der Waals surface area (Å²) in [5.41, 5.74) is 3.42. The van der Waals surface area contributed by atoms with E-state index in [1.54, 1.807) is 20.8 Å². The summed E-state index contributed by atoms with van der Waals surface area (Å²) >= 11 is 1.09. The van der Waals surface area contributed by atoms with E-state index in [2.05, 4.69) is 20.7 Å². The van der Waals surface area contributed by atoms with Crippen molar-refractivity contribution in [3.05, 3.63) is 59.7 Å². The Kier molecular flexibility index (Phi) is 12.0. The molecule has 0 aromatic heterocycles. The van der Waals surface area contributed by atoms with Gasteiger partial charge in [0.15, 0.2) is 0 Å². The molecule has 1 aliphatic rings. The van der Waals surface area contributed by atoms with Gasteiger partial charge in [0.25, 0.3) is 0 Å². The minimum Gasteiger partial charge on any atom is -0.467 e. The molecule has 0 radical (unpaired) electrons. The lowest BCUT2D eigenvalue weighted by molar-refractivity contribution is -0.144. The van der Waals surface area contributed by atoms with Crippen LogP contribution in [0.5, 0.6) is 0 Å². The van der Waals surface area contributed by atoms with Crippen LogP contribution in [-0.2, 0) is 33.3 Å². The Balaban J connectivity index is 1.67. The molecule has 0 spiro atoms. The number of benzene rings is 2. The highest BCUT2D eigenvalue weighted by Gasteiger charge is 2.31. The van der Waals surface area contributed by atoms with Gasteiger partial charge < -0.3 is 34.9 Å².